The van der Waals surface area contributed by atoms with E-state index < -0.39 is 30.0 Å². The molecule has 0 saturated carbocycles. The number of unbranched alkanes of at least 4 members (excludes halogenated alkanes) is 3. The fourth-order valence-corrected chi connectivity index (χ4v) is 6.76. The Bertz CT molecular complexity index is 1150. The van der Waals surface area contributed by atoms with Gasteiger partial charge >= 0.3 is 218 Å². The molecule has 0 N–H and O–H groups in total. The topological polar surface area (TPSA) is 66.9 Å². The molecule has 192 valence electrons. The average molecular weight is 564 g/mol. The number of ether oxygens (including phenoxy) is 1. The number of esters is 1. The molecule has 0 aliphatic carbocycles. The zero-order valence-corrected chi connectivity index (χ0v) is 22.8. The van der Waals surface area contributed by atoms with E-state index in [1.54, 1.807) is 4.90 Å². The summed E-state index contributed by atoms with van der Waals surface area (Å²) in [7, 11) is 1.26. The molecule has 3 aromatic rings. The van der Waals surface area contributed by atoms with E-state index >= 15 is 0 Å². The van der Waals surface area contributed by atoms with Crippen molar-refractivity contribution in [2.24, 2.45) is 0 Å². The molecule has 1 heterocycles. The molecule has 0 spiro atoms. The molecule has 1 fully saturated rings. The van der Waals surface area contributed by atoms with Crippen LogP contribution in [0.15, 0.2) is 91.0 Å². The molecule has 37 heavy (non-hydrogen) atoms. The molecular weight excluding hydrogens is 531 g/mol. The second-order valence-electron chi connectivity index (χ2n) is 8.92. The number of rotatable bonds is 12. The number of imide groups is 1. The van der Waals surface area contributed by atoms with Gasteiger partial charge in [0.15, 0.2) is 0 Å². The minimum absolute atomic E-state index is 0.409. The summed E-state index contributed by atoms with van der Waals surface area (Å²) in [6.45, 7) is 0.00349. The van der Waals surface area contributed by atoms with E-state index in [2.05, 4.69) is 24.3 Å². The first-order chi connectivity index (χ1) is 18.1. The molecule has 3 aromatic carbocycles. The summed E-state index contributed by atoms with van der Waals surface area (Å²) in [4.78, 5) is 42.6. The van der Waals surface area contributed by atoms with Crippen LogP contribution in [0.1, 0.15) is 36.8 Å². The van der Waals surface area contributed by atoms with Crippen LogP contribution in [0.5, 0.6) is 0 Å². The van der Waals surface area contributed by atoms with Crippen molar-refractivity contribution < 1.29 is 19.1 Å². The van der Waals surface area contributed by atoms with Crippen LogP contribution in [-0.4, -0.2) is 62.9 Å². The minimum atomic E-state index is -1.33. The molecule has 0 bridgehead atoms. The quantitative estimate of drug-likeness (QED) is 0.142. The van der Waals surface area contributed by atoms with E-state index in [9.17, 15) is 14.4 Å². The first-order valence-electron chi connectivity index (χ1n) is 12.6. The van der Waals surface area contributed by atoms with E-state index in [1.165, 1.54) is 16.9 Å². The molecule has 7 heteroatoms. The summed E-state index contributed by atoms with van der Waals surface area (Å²) in [6, 6.07) is 28.9. The first-order valence-corrected chi connectivity index (χ1v) is 14.6. The third-order valence-electron chi connectivity index (χ3n) is 6.61. The van der Waals surface area contributed by atoms with E-state index in [-0.39, 0.29) is 0 Å². The molecule has 0 radical (unpaired) electrons. The molecule has 1 aliphatic heterocycles. The summed E-state index contributed by atoms with van der Waals surface area (Å²) in [5.74, 6) is -1.05. The van der Waals surface area contributed by atoms with Crippen LogP contribution in [0.4, 0.5) is 4.79 Å². The Kier molecular flexibility index (Phi) is 9.15. The van der Waals surface area contributed by atoms with Crippen molar-refractivity contribution in [1.82, 2.24) is 9.80 Å². The standard InChI is InChI=1S/C30H32N2O4Se/c1-36-27(33)23-31-28(34)30(24-15-7-4-8-16-24,25-17-9-5-10-18-25)32(29(31)35)21-13-2-3-14-22-37-26-19-11-6-12-20-26/h4-12,15-20H,2-3,13-14,21-23H2,1H3. The van der Waals surface area contributed by atoms with Gasteiger partial charge in [-0.05, 0) is 0 Å². The Morgan fingerprint density at radius 3 is 1.89 bits per heavy atom. The van der Waals surface area contributed by atoms with Crippen molar-refractivity contribution in [1.29, 1.82) is 0 Å². The van der Waals surface area contributed by atoms with Gasteiger partial charge in [-0.2, -0.15) is 0 Å². The van der Waals surface area contributed by atoms with E-state index in [1.807, 2.05) is 66.7 Å². The molecular formula is C30H32N2O4Se. The summed E-state index contributed by atoms with van der Waals surface area (Å²) in [6.07, 6.45) is 3.93. The number of methoxy groups -OCH3 is 1. The third-order valence-corrected chi connectivity index (χ3v) is 8.91. The zero-order chi connectivity index (χ0) is 26.1. The van der Waals surface area contributed by atoms with Gasteiger partial charge in [0.05, 0.1) is 7.11 Å². The van der Waals surface area contributed by atoms with Crippen LogP contribution in [0.3, 0.4) is 0 Å². The maximum absolute atomic E-state index is 14.1. The van der Waals surface area contributed by atoms with Crippen molar-refractivity contribution in [2.45, 2.75) is 36.5 Å². The van der Waals surface area contributed by atoms with Gasteiger partial charge in [-0.15, -0.1) is 0 Å². The fraction of sp³-hybridized carbons (Fsp3) is 0.300. The van der Waals surface area contributed by atoms with Crippen molar-refractivity contribution in [2.75, 3.05) is 20.2 Å². The van der Waals surface area contributed by atoms with Gasteiger partial charge in [0, 0.05) is 0 Å². The molecule has 1 saturated heterocycles. The molecule has 0 aromatic heterocycles. The predicted octanol–water partition coefficient (Wildman–Crippen LogP) is 4.38. The van der Waals surface area contributed by atoms with Crippen molar-refractivity contribution in [3.63, 3.8) is 0 Å². The second kappa shape index (κ2) is 12.7. The van der Waals surface area contributed by atoms with Crippen molar-refractivity contribution in [3.05, 3.63) is 102 Å². The van der Waals surface area contributed by atoms with Crippen LogP contribution < -0.4 is 4.46 Å². The van der Waals surface area contributed by atoms with Crippen LogP contribution in [0.25, 0.3) is 0 Å². The van der Waals surface area contributed by atoms with Gasteiger partial charge in [0.1, 0.15) is 0 Å². The molecule has 0 atom stereocenters. The van der Waals surface area contributed by atoms with Gasteiger partial charge in [0.2, 0.25) is 0 Å². The molecule has 3 amide bonds. The van der Waals surface area contributed by atoms with Crippen molar-refractivity contribution in [3.8, 4) is 0 Å². The Morgan fingerprint density at radius 1 is 0.784 bits per heavy atom. The first kappa shape index (κ1) is 26.6. The van der Waals surface area contributed by atoms with Crippen LogP contribution in [0, 0.1) is 0 Å². The van der Waals surface area contributed by atoms with Crippen LogP contribution in [-0.2, 0) is 19.9 Å². The van der Waals surface area contributed by atoms with Gasteiger partial charge < -0.3 is 0 Å². The fourth-order valence-electron chi connectivity index (χ4n) is 4.80. The number of hydrogen-bond acceptors (Lipinski definition) is 4. The number of nitrogens with zero attached hydrogens (tertiary/aromatic N) is 2. The number of benzene rings is 3. The predicted molar refractivity (Wildman–Crippen MR) is 145 cm³/mol. The van der Waals surface area contributed by atoms with Gasteiger partial charge in [-0.3, -0.25) is 0 Å². The maximum atomic E-state index is 14.1. The summed E-state index contributed by atoms with van der Waals surface area (Å²) in [5.41, 5.74) is 0.0827. The second-order valence-corrected chi connectivity index (χ2v) is 11.4. The SMILES string of the molecule is COC(=O)CN1C(=O)N(CCCCCC[Se]c2ccccc2)C(c2ccccc2)(c2ccccc2)C1=O. The van der Waals surface area contributed by atoms with E-state index in [0.29, 0.717) is 32.6 Å². The Labute approximate surface area is 224 Å². The Morgan fingerprint density at radius 2 is 1.32 bits per heavy atom. The summed E-state index contributed by atoms with van der Waals surface area (Å²) in [5, 5.41) is 1.18. The van der Waals surface area contributed by atoms with Gasteiger partial charge in [-0.1, -0.05) is 0 Å². The van der Waals surface area contributed by atoms with Crippen LogP contribution in [0.2, 0.25) is 5.32 Å². The molecule has 0 unspecified atom stereocenters. The normalized spacial score (nSPS) is 14.7. The molecule has 1 aliphatic rings. The van der Waals surface area contributed by atoms with Crippen LogP contribution >= 0.6 is 0 Å². The zero-order valence-electron chi connectivity index (χ0n) is 21.0. The Balaban J connectivity index is 1.53. The number of carbonyl (C=O) groups excluding carboxylic acids is 3. The number of carbonyl (C=O) groups is 3. The average Bonchev–Trinajstić information content (AvgIpc) is 3.15. The van der Waals surface area contributed by atoms with Gasteiger partial charge in [-0.25, -0.2) is 0 Å². The molecule has 6 nitrogen and oxygen atoms in total. The van der Waals surface area contributed by atoms with Crippen molar-refractivity contribution >= 4 is 37.3 Å². The summed E-state index contributed by atoms with van der Waals surface area (Å²) >= 11 is 0.475. The number of hydrogen-bond donors (Lipinski definition) is 0. The van der Waals surface area contributed by atoms with E-state index in [0.717, 1.165) is 30.6 Å². The number of amides is 3. The number of urea groups is 1. The monoisotopic (exact) mass is 564 g/mol. The third kappa shape index (κ3) is 5.79. The molecule has 4 rings (SSSR count). The van der Waals surface area contributed by atoms with Gasteiger partial charge in [0.25, 0.3) is 0 Å². The Hall–Kier alpha value is -3.41. The summed E-state index contributed by atoms with van der Waals surface area (Å²) < 4.78 is 6.20. The van der Waals surface area contributed by atoms with E-state index in [4.69, 9.17) is 4.74 Å².